The molecule has 1 aromatic carbocycles. The van der Waals surface area contributed by atoms with Crippen molar-refractivity contribution in [3.8, 4) is 5.75 Å². The van der Waals surface area contributed by atoms with Crippen molar-refractivity contribution in [2.75, 3.05) is 26.7 Å². The maximum Gasteiger partial charge on any atom is 0.122 e. The molecule has 20 heavy (non-hydrogen) atoms. The molecule has 110 valence electrons. The molecule has 0 amide bonds. The molecular formula is C17H26N2O. The highest BCUT2D eigenvalue weighted by Gasteiger charge is 2.18. The minimum Gasteiger partial charge on any atom is -0.493 e. The summed E-state index contributed by atoms with van der Waals surface area (Å²) in [6, 6.07) is 7.41. The van der Waals surface area contributed by atoms with Gasteiger partial charge in [-0.1, -0.05) is 25.0 Å². The van der Waals surface area contributed by atoms with Crippen molar-refractivity contribution in [1.29, 1.82) is 0 Å². The highest BCUT2D eigenvalue weighted by Crippen LogP contribution is 2.25. The first-order chi connectivity index (χ1) is 9.83. The summed E-state index contributed by atoms with van der Waals surface area (Å²) in [4.78, 5) is 2.52. The van der Waals surface area contributed by atoms with Crippen LogP contribution in [0.5, 0.6) is 5.75 Å². The number of hydrogen-bond donors (Lipinski definition) is 1. The third-order valence-corrected chi connectivity index (χ3v) is 4.67. The predicted molar refractivity (Wildman–Crippen MR) is 82.2 cm³/mol. The summed E-state index contributed by atoms with van der Waals surface area (Å²) in [6.07, 6.45) is 6.68. The van der Waals surface area contributed by atoms with Crippen molar-refractivity contribution in [2.24, 2.45) is 0 Å². The van der Waals surface area contributed by atoms with E-state index in [4.69, 9.17) is 4.74 Å². The van der Waals surface area contributed by atoms with Crippen LogP contribution in [0.25, 0.3) is 0 Å². The zero-order valence-electron chi connectivity index (χ0n) is 12.5. The van der Waals surface area contributed by atoms with E-state index in [-0.39, 0.29) is 0 Å². The van der Waals surface area contributed by atoms with E-state index in [0.717, 1.165) is 44.5 Å². The van der Waals surface area contributed by atoms with E-state index in [1.807, 2.05) is 0 Å². The van der Waals surface area contributed by atoms with E-state index in [2.05, 4.69) is 35.5 Å². The Hall–Kier alpha value is -1.06. The van der Waals surface area contributed by atoms with Gasteiger partial charge in [-0.05, 0) is 37.1 Å². The topological polar surface area (TPSA) is 24.5 Å². The largest absolute Gasteiger partial charge is 0.493 e. The van der Waals surface area contributed by atoms with E-state index in [1.165, 1.54) is 36.8 Å². The molecule has 0 unspecified atom stereocenters. The lowest BCUT2D eigenvalue weighted by atomic mass is 10.1. The molecule has 1 saturated carbocycles. The second-order valence-electron chi connectivity index (χ2n) is 6.14. The van der Waals surface area contributed by atoms with Gasteiger partial charge in [0, 0.05) is 32.1 Å². The van der Waals surface area contributed by atoms with Crippen molar-refractivity contribution in [3.05, 3.63) is 29.3 Å². The van der Waals surface area contributed by atoms with Crippen molar-refractivity contribution in [2.45, 2.75) is 44.7 Å². The van der Waals surface area contributed by atoms with Gasteiger partial charge in [0.2, 0.25) is 0 Å². The monoisotopic (exact) mass is 274 g/mol. The average molecular weight is 274 g/mol. The lowest BCUT2D eigenvalue weighted by Gasteiger charge is -2.24. The summed E-state index contributed by atoms with van der Waals surface area (Å²) in [5.41, 5.74) is 2.74. The molecule has 1 aromatic rings. The Balaban J connectivity index is 1.39. The van der Waals surface area contributed by atoms with Crippen LogP contribution in [0.2, 0.25) is 0 Å². The zero-order valence-corrected chi connectivity index (χ0v) is 12.5. The van der Waals surface area contributed by atoms with E-state index in [1.54, 1.807) is 0 Å². The molecule has 0 radical (unpaired) electrons. The third-order valence-electron chi connectivity index (χ3n) is 4.67. The van der Waals surface area contributed by atoms with Crippen LogP contribution in [0.1, 0.15) is 36.8 Å². The van der Waals surface area contributed by atoms with E-state index in [0.29, 0.717) is 0 Å². The second-order valence-corrected chi connectivity index (χ2v) is 6.14. The molecule has 3 nitrogen and oxygen atoms in total. The predicted octanol–water partition coefficient (Wildman–Crippen LogP) is 2.59. The Labute approximate surface area is 122 Å². The minimum atomic E-state index is 0.828. The molecule has 1 heterocycles. The molecule has 0 spiro atoms. The van der Waals surface area contributed by atoms with Crippen LogP contribution in [0.3, 0.4) is 0 Å². The molecule has 1 aliphatic carbocycles. The number of benzene rings is 1. The quantitative estimate of drug-likeness (QED) is 0.807. The second kappa shape index (κ2) is 6.59. The maximum atomic E-state index is 5.54. The van der Waals surface area contributed by atoms with E-state index >= 15 is 0 Å². The van der Waals surface area contributed by atoms with Crippen LogP contribution in [0, 0.1) is 0 Å². The summed E-state index contributed by atoms with van der Waals surface area (Å²) in [6.45, 7) is 4.03. The fourth-order valence-corrected chi connectivity index (χ4v) is 3.37. The number of fused-ring (bicyclic) bond motifs is 1. The summed E-state index contributed by atoms with van der Waals surface area (Å²) >= 11 is 0. The van der Waals surface area contributed by atoms with Crippen molar-refractivity contribution < 1.29 is 4.74 Å². The molecule has 2 aliphatic rings. The third kappa shape index (κ3) is 3.33. The Morgan fingerprint density at radius 3 is 3.00 bits per heavy atom. The highest BCUT2D eigenvalue weighted by molar-refractivity contribution is 5.39. The number of hydrogen-bond acceptors (Lipinski definition) is 3. The number of rotatable bonds is 6. The molecular weight excluding hydrogens is 248 g/mol. The molecule has 1 aliphatic heterocycles. The molecule has 0 saturated heterocycles. The molecule has 1 N–H and O–H groups in total. The van der Waals surface area contributed by atoms with Gasteiger partial charge in [-0.2, -0.15) is 0 Å². The van der Waals surface area contributed by atoms with Crippen LogP contribution in [0.4, 0.5) is 0 Å². The van der Waals surface area contributed by atoms with Crippen LogP contribution >= 0.6 is 0 Å². The number of nitrogens with zero attached hydrogens (tertiary/aromatic N) is 1. The highest BCUT2D eigenvalue weighted by atomic mass is 16.5. The summed E-state index contributed by atoms with van der Waals surface area (Å²) in [5.74, 6) is 1.08. The van der Waals surface area contributed by atoms with Gasteiger partial charge in [0.25, 0.3) is 0 Å². The van der Waals surface area contributed by atoms with Gasteiger partial charge >= 0.3 is 0 Å². The average Bonchev–Trinajstić information content (AvgIpc) is 3.13. The van der Waals surface area contributed by atoms with Gasteiger partial charge in [0.1, 0.15) is 5.75 Å². The van der Waals surface area contributed by atoms with Crippen LogP contribution in [-0.4, -0.2) is 37.7 Å². The zero-order chi connectivity index (χ0) is 13.8. The Morgan fingerprint density at radius 1 is 1.30 bits per heavy atom. The molecule has 0 bridgehead atoms. The van der Waals surface area contributed by atoms with Crippen LogP contribution in [-0.2, 0) is 13.0 Å². The molecule has 3 rings (SSSR count). The minimum absolute atomic E-state index is 0.828. The van der Waals surface area contributed by atoms with Gasteiger partial charge in [0.05, 0.1) is 6.61 Å². The molecule has 0 aromatic heterocycles. The number of likely N-dealkylation sites (N-methyl/N-ethyl adjacent to an activating group) is 1. The lowest BCUT2D eigenvalue weighted by molar-refractivity contribution is 0.245. The summed E-state index contributed by atoms with van der Waals surface area (Å²) in [5, 5.41) is 3.56. The fraction of sp³-hybridized carbons (Fsp3) is 0.647. The van der Waals surface area contributed by atoms with Gasteiger partial charge < -0.3 is 15.0 Å². The summed E-state index contributed by atoms with van der Waals surface area (Å²) < 4.78 is 5.54. The molecule has 1 fully saturated rings. The van der Waals surface area contributed by atoms with Crippen molar-refractivity contribution >= 4 is 0 Å². The first-order valence-corrected chi connectivity index (χ1v) is 7.98. The molecule has 0 atom stereocenters. The van der Waals surface area contributed by atoms with Gasteiger partial charge in [0.15, 0.2) is 0 Å². The smallest absolute Gasteiger partial charge is 0.122 e. The lowest BCUT2D eigenvalue weighted by Crippen LogP contribution is -2.35. The van der Waals surface area contributed by atoms with Crippen molar-refractivity contribution in [1.82, 2.24) is 10.2 Å². The first kappa shape index (κ1) is 13.9. The van der Waals surface area contributed by atoms with E-state index < -0.39 is 0 Å². The van der Waals surface area contributed by atoms with Crippen LogP contribution in [0.15, 0.2) is 18.2 Å². The number of nitrogens with one attached hydrogen (secondary N) is 1. The van der Waals surface area contributed by atoms with E-state index in [9.17, 15) is 0 Å². The normalized spacial score (nSPS) is 18.5. The SMILES string of the molecule is CN(CCNCc1ccc2c(c1)CCO2)C1CCCC1. The standard InChI is InChI=1S/C17H26N2O/c1-19(16-4-2-3-5-16)10-9-18-13-14-6-7-17-15(12-14)8-11-20-17/h6-7,12,16,18H,2-5,8-11,13H2,1H3. The maximum absolute atomic E-state index is 5.54. The summed E-state index contributed by atoms with van der Waals surface area (Å²) in [7, 11) is 2.27. The Bertz CT molecular complexity index is 441. The Morgan fingerprint density at radius 2 is 2.15 bits per heavy atom. The first-order valence-electron chi connectivity index (χ1n) is 7.98. The van der Waals surface area contributed by atoms with Gasteiger partial charge in [-0.3, -0.25) is 0 Å². The molecule has 3 heteroatoms. The van der Waals surface area contributed by atoms with Gasteiger partial charge in [-0.15, -0.1) is 0 Å². The van der Waals surface area contributed by atoms with Crippen LogP contribution < -0.4 is 10.1 Å². The Kier molecular flexibility index (Phi) is 4.58. The van der Waals surface area contributed by atoms with Gasteiger partial charge in [-0.25, -0.2) is 0 Å². The number of ether oxygens (including phenoxy) is 1. The fourth-order valence-electron chi connectivity index (χ4n) is 3.37. The van der Waals surface area contributed by atoms with Crippen molar-refractivity contribution in [3.63, 3.8) is 0 Å².